The molecule has 0 spiro atoms. The number of methoxy groups -OCH3 is 1. The summed E-state index contributed by atoms with van der Waals surface area (Å²) in [6.07, 6.45) is 0.879. The summed E-state index contributed by atoms with van der Waals surface area (Å²) in [5.74, 6) is 0.829. The molecule has 0 bridgehead atoms. The molecule has 17 heavy (non-hydrogen) atoms. The maximum absolute atomic E-state index is 5.57. The zero-order valence-electron chi connectivity index (χ0n) is 10.3. The molecule has 0 radical (unpaired) electrons. The number of hydrogen-bond donors (Lipinski definition) is 1. The van der Waals surface area contributed by atoms with Gasteiger partial charge in [0.05, 0.1) is 19.7 Å². The molecule has 1 aromatic heterocycles. The number of aromatic nitrogens is 4. The average molecular weight is 241 g/mol. The van der Waals surface area contributed by atoms with Crippen LogP contribution in [0.1, 0.15) is 19.2 Å². The first-order valence-corrected chi connectivity index (χ1v) is 5.88. The zero-order chi connectivity index (χ0) is 12.1. The van der Waals surface area contributed by atoms with Crippen LogP contribution in [0.2, 0.25) is 0 Å². The predicted octanol–water partition coefficient (Wildman–Crippen LogP) is -0.412. The summed E-state index contributed by atoms with van der Waals surface area (Å²) >= 11 is 0. The fraction of sp³-hybridized carbons (Fsp3) is 0.900. The SMILES string of the molecule is CCNCc1nnnn1CC1(OC)CCOC1. The van der Waals surface area contributed by atoms with Gasteiger partial charge in [-0.2, -0.15) is 0 Å². The molecule has 1 aliphatic heterocycles. The predicted molar refractivity (Wildman–Crippen MR) is 60.4 cm³/mol. The van der Waals surface area contributed by atoms with Crippen molar-refractivity contribution in [2.45, 2.75) is 32.0 Å². The van der Waals surface area contributed by atoms with E-state index in [1.807, 2.05) is 0 Å². The molecule has 1 saturated heterocycles. The third kappa shape index (κ3) is 2.80. The van der Waals surface area contributed by atoms with Crippen molar-refractivity contribution >= 4 is 0 Å². The standard InChI is InChI=1S/C10H19N5O2/c1-3-11-6-9-12-13-14-15(9)7-10(16-2)4-5-17-8-10/h11H,3-8H2,1-2H3. The molecule has 2 heterocycles. The molecular formula is C10H19N5O2. The minimum Gasteiger partial charge on any atom is -0.378 e. The van der Waals surface area contributed by atoms with Crippen molar-refractivity contribution in [1.82, 2.24) is 25.5 Å². The minimum absolute atomic E-state index is 0.281. The highest BCUT2D eigenvalue weighted by atomic mass is 16.5. The molecule has 7 nitrogen and oxygen atoms in total. The normalized spacial score (nSPS) is 24.4. The van der Waals surface area contributed by atoms with Crippen LogP contribution in [0.5, 0.6) is 0 Å². The van der Waals surface area contributed by atoms with Gasteiger partial charge in [0.1, 0.15) is 5.60 Å². The lowest BCUT2D eigenvalue weighted by molar-refractivity contribution is -0.0327. The van der Waals surface area contributed by atoms with Crippen molar-refractivity contribution in [3.05, 3.63) is 5.82 Å². The lowest BCUT2D eigenvalue weighted by Gasteiger charge is -2.25. The molecule has 2 rings (SSSR count). The van der Waals surface area contributed by atoms with E-state index in [2.05, 4.69) is 27.8 Å². The Balaban J connectivity index is 2.04. The summed E-state index contributed by atoms with van der Waals surface area (Å²) in [5, 5.41) is 14.9. The van der Waals surface area contributed by atoms with Crippen LogP contribution in [-0.2, 0) is 22.6 Å². The molecule has 7 heteroatoms. The van der Waals surface area contributed by atoms with Crippen molar-refractivity contribution in [3.8, 4) is 0 Å². The Morgan fingerprint density at radius 2 is 2.47 bits per heavy atom. The van der Waals surface area contributed by atoms with E-state index in [9.17, 15) is 0 Å². The summed E-state index contributed by atoms with van der Waals surface area (Å²) in [7, 11) is 1.71. The van der Waals surface area contributed by atoms with Gasteiger partial charge >= 0.3 is 0 Å². The molecule has 1 aliphatic rings. The van der Waals surface area contributed by atoms with Crippen LogP contribution >= 0.6 is 0 Å². The van der Waals surface area contributed by atoms with Gasteiger partial charge in [-0.05, 0) is 17.0 Å². The summed E-state index contributed by atoms with van der Waals surface area (Å²) in [4.78, 5) is 0. The highest BCUT2D eigenvalue weighted by Gasteiger charge is 2.36. The van der Waals surface area contributed by atoms with Crippen LogP contribution in [0.15, 0.2) is 0 Å². The van der Waals surface area contributed by atoms with E-state index < -0.39 is 0 Å². The van der Waals surface area contributed by atoms with Gasteiger partial charge in [-0.3, -0.25) is 0 Å². The third-order valence-electron chi connectivity index (χ3n) is 3.08. The Morgan fingerprint density at radius 1 is 1.59 bits per heavy atom. The number of nitrogens with one attached hydrogen (secondary N) is 1. The van der Waals surface area contributed by atoms with Gasteiger partial charge in [0.2, 0.25) is 0 Å². The van der Waals surface area contributed by atoms with Gasteiger partial charge in [0.25, 0.3) is 0 Å². The van der Waals surface area contributed by atoms with Crippen molar-refractivity contribution in [1.29, 1.82) is 0 Å². The molecule has 0 aliphatic carbocycles. The van der Waals surface area contributed by atoms with E-state index in [0.29, 0.717) is 19.7 Å². The van der Waals surface area contributed by atoms with Crippen LogP contribution in [0.25, 0.3) is 0 Å². The fourth-order valence-corrected chi connectivity index (χ4v) is 1.92. The van der Waals surface area contributed by atoms with Gasteiger partial charge < -0.3 is 14.8 Å². The van der Waals surface area contributed by atoms with Gasteiger partial charge in [-0.1, -0.05) is 6.92 Å². The van der Waals surface area contributed by atoms with E-state index >= 15 is 0 Å². The highest BCUT2D eigenvalue weighted by Crippen LogP contribution is 2.24. The van der Waals surface area contributed by atoms with E-state index in [1.165, 1.54) is 0 Å². The van der Waals surface area contributed by atoms with Crippen molar-refractivity contribution in [2.24, 2.45) is 0 Å². The molecule has 0 aromatic carbocycles. The van der Waals surface area contributed by atoms with Crippen LogP contribution < -0.4 is 5.32 Å². The first-order valence-electron chi connectivity index (χ1n) is 5.88. The number of hydrogen-bond acceptors (Lipinski definition) is 6. The first kappa shape index (κ1) is 12.4. The highest BCUT2D eigenvalue weighted by molar-refractivity contribution is 4.89. The summed E-state index contributed by atoms with van der Waals surface area (Å²) < 4.78 is 12.8. The molecular weight excluding hydrogens is 222 g/mol. The molecule has 0 amide bonds. The number of tetrazole rings is 1. The van der Waals surface area contributed by atoms with E-state index in [1.54, 1.807) is 11.8 Å². The van der Waals surface area contributed by atoms with E-state index in [0.717, 1.165) is 25.4 Å². The third-order valence-corrected chi connectivity index (χ3v) is 3.08. The van der Waals surface area contributed by atoms with Crippen molar-refractivity contribution in [3.63, 3.8) is 0 Å². The number of nitrogens with zero attached hydrogens (tertiary/aromatic N) is 4. The van der Waals surface area contributed by atoms with Gasteiger partial charge in [-0.25, -0.2) is 4.68 Å². The number of ether oxygens (including phenoxy) is 2. The van der Waals surface area contributed by atoms with Crippen molar-refractivity contribution in [2.75, 3.05) is 26.9 Å². The van der Waals surface area contributed by atoms with E-state index in [-0.39, 0.29) is 5.60 Å². The Morgan fingerprint density at radius 3 is 3.12 bits per heavy atom. The monoisotopic (exact) mass is 241 g/mol. The molecule has 1 atom stereocenters. The quantitative estimate of drug-likeness (QED) is 0.729. The maximum atomic E-state index is 5.57. The van der Waals surface area contributed by atoms with Crippen LogP contribution in [-0.4, -0.2) is 52.7 Å². The minimum atomic E-state index is -0.281. The van der Waals surface area contributed by atoms with Gasteiger partial charge in [-0.15, -0.1) is 5.10 Å². The number of rotatable bonds is 6. The Bertz CT molecular complexity index is 348. The second kappa shape index (κ2) is 5.52. The molecule has 1 aromatic rings. The first-order chi connectivity index (χ1) is 8.29. The molecule has 0 saturated carbocycles. The Labute approximate surface area is 100 Å². The smallest absolute Gasteiger partial charge is 0.165 e. The Hall–Kier alpha value is -1.05. The lowest BCUT2D eigenvalue weighted by Crippen LogP contribution is -2.38. The molecule has 96 valence electrons. The summed E-state index contributed by atoms with van der Waals surface area (Å²) in [6, 6.07) is 0. The summed E-state index contributed by atoms with van der Waals surface area (Å²) in [6.45, 7) is 5.59. The molecule has 1 unspecified atom stereocenters. The van der Waals surface area contributed by atoms with Crippen LogP contribution in [0.3, 0.4) is 0 Å². The zero-order valence-corrected chi connectivity index (χ0v) is 10.3. The lowest BCUT2D eigenvalue weighted by atomic mass is 10.0. The van der Waals surface area contributed by atoms with Crippen LogP contribution in [0, 0.1) is 0 Å². The van der Waals surface area contributed by atoms with E-state index in [4.69, 9.17) is 9.47 Å². The van der Waals surface area contributed by atoms with Crippen LogP contribution in [0.4, 0.5) is 0 Å². The van der Waals surface area contributed by atoms with Gasteiger partial charge in [0, 0.05) is 20.1 Å². The fourth-order valence-electron chi connectivity index (χ4n) is 1.92. The average Bonchev–Trinajstić information content (AvgIpc) is 2.97. The van der Waals surface area contributed by atoms with Gasteiger partial charge in [0.15, 0.2) is 5.82 Å². The summed E-state index contributed by atoms with van der Waals surface area (Å²) in [5.41, 5.74) is -0.281. The maximum Gasteiger partial charge on any atom is 0.165 e. The second-order valence-corrected chi connectivity index (χ2v) is 4.22. The largest absolute Gasteiger partial charge is 0.378 e. The second-order valence-electron chi connectivity index (χ2n) is 4.22. The Kier molecular flexibility index (Phi) is 4.03. The van der Waals surface area contributed by atoms with Crippen molar-refractivity contribution < 1.29 is 9.47 Å². The molecule has 1 fully saturated rings. The topological polar surface area (TPSA) is 74.1 Å². The molecule has 1 N–H and O–H groups in total.